The van der Waals surface area contributed by atoms with Crippen LogP contribution in [0.2, 0.25) is 0 Å². The van der Waals surface area contributed by atoms with Gasteiger partial charge in [-0.05, 0) is 37.0 Å². The fourth-order valence-corrected chi connectivity index (χ4v) is 4.01. The van der Waals surface area contributed by atoms with Crippen LogP contribution in [0.15, 0.2) is 18.2 Å². The SMILES string of the molecule is COc1ccc(CCS(=O)(=O)NC2CCCC2)cc1OC. The van der Waals surface area contributed by atoms with Gasteiger partial charge in [-0.3, -0.25) is 0 Å². The van der Waals surface area contributed by atoms with Gasteiger partial charge in [0, 0.05) is 6.04 Å². The van der Waals surface area contributed by atoms with Crippen LogP contribution in [0, 0.1) is 0 Å². The molecule has 1 N–H and O–H groups in total. The molecule has 1 aromatic carbocycles. The van der Waals surface area contributed by atoms with E-state index < -0.39 is 10.0 Å². The van der Waals surface area contributed by atoms with Gasteiger partial charge in [0.2, 0.25) is 10.0 Å². The Morgan fingerprint density at radius 2 is 1.81 bits per heavy atom. The number of hydrogen-bond donors (Lipinski definition) is 1. The van der Waals surface area contributed by atoms with Crippen molar-refractivity contribution in [1.82, 2.24) is 4.72 Å². The highest BCUT2D eigenvalue weighted by Crippen LogP contribution is 2.27. The molecule has 21 heavy (non-hydrogen) atoms. The molecular formula is C15H23NO4S. The Morgan fingerprint density at radius 1 is 1.14 bits per heavy atom. The predicted octanol–water partition coefficient (Wildman–Crippen LogP) is 2.11. The van der Waals surface area contributed by atoms with Gasteiger partial charge in [-0.1, -0.05) is 18.9 Å². The standard InChI is InChI=1S/C15H23NO4S/c1-19-14-8-7-12(11-15(14)20-2)9-10-21(17,18)16-13-5-3-4-6-13/h7-8,11,13,16H,3-6,9-10H2,1-2H3. The third kappa shape index (κ3) is 4.61. The Labute approximate surface area is 126 Å². The van der Waals surface area contributed by atoms with Crippen molar-refractivity contribution in [2.45, 2.75) is 38.1 Å². The minimum absolute atomic E-state index is 0.0962. The van der Waals surface area contributed by atoms with Gasteiger partial charge >= 0.3 is 0 Å². The lowest BCUT2D eigenvalue weighted by Gasteiger charge is -2.13. The summed E-state index contributed by atoms with van der Waals surface area (Å²) in [6.45, 7) is 0. The number of benzene rings is 1. The second-order valence-electron chi connectivity index (χ2n) is 5.36. The molecular weight excluding hydrogens is 290 g/mol. The number of sulfonamides is 1. The van der Waals surface area contributed by atoms with Gasteiger partial charge in [0.15, 0.2) is 11.5 Å². The highest BCUT2D eigenvalue weighted by atomic mass is 32.2. The molecule has 1 aliphatic rings. The van der Waals surface area contributed by atoms with Gasteiger partial charge in [-0.2, -0.15) is 0 Å². The minimum atomic E-state index is -3.22. The number of hydrogen-bond acceptors (Lipinski definition) is 4. The van der Waals surface area contributed by atoms with Gasteiger partial charge < -0.3 is 9.47 Å². The molecule has 0 spiro atoms. The number of nitrogens with one attached hydrogen (secondary N) is 1. The van der Waals surface area contributed by atoms with Crippen molar-refractivity contribution in [3.8, 4) is 11.5 Å². The zero-order valence-corrected chi connectivity index (χ0v) is 13.4. The maximum Gasteiger partial charge on any atom is 0.212 e. The lowest BCUT2D eigenvalue weighted by molar-refractivity contribution is 0.354. The summed E-state index contributed by atoms with van der Waals surface area (Å²) in [5.41, 5.74) is 0.921. The molecule has 1 aromatic rings. The van der Waals surface area contributed by atoms with E-state index in [1.807, 2.05) is 12.1 Å². The smallest absolute Gasteiger partial charge is 0.212 e. The molecule has 118 valence electrons. The summed E-state index contributed by atoms with van der Waals surface area (Å²) >= 11 is 0. The minimum Gasteiger partial charge on any atom is -0.493 e. The summed E-state index contributed by atoms with van der Waals surface area (Å²) in [7, 11) is -0.0742. The van der Waals surface area contributed by atoms with E-state index in [9.17, 15) is 8.42 Å². The number of methoxy groups -OCH3 is 2. The number of aryl methyl sites for hydroxylation is 1. The van der Waals surface area contributed by atoms with E-state index in [1.54, 1.807) is 20.3 Å². The van der Waals surface area contributed by atoms with Crippen LogP contribution in [0.3, 0.4) is 0 Å². The molecule has 0 heterocycles. The molecule has 5 nitrogen and oxygen atoms in total. The van der Waals surface area contributed by atoms with Crippen LogP contribution in [0.1, 0.15) is 31.2 Å². The molecule has 6 heteroatoms. The number of rotatable bonds is 7. The topological polar surface area (TPSA) is 64.6 Å². The maximum absolute atomic E-state index is 12.1. The zero-order chi connectivity index (χ0) is 15.3. The van der Waals surface area contributed by atoms with Crippen molar-refractivity contribution in [3.63, 3.8) is 0 Å². The molecule has 0 radical (unpaired) electrons. The van der Waals surface area contributed by atoms with Crippen LogP contribution >= 0.6 is 0 Å². The van der Waals surface area contributed by atoms with Crippen molar-refractivity contribution < 1.29 is 17.9 Å². The summed E-state index contributed by atoms with van der Waals surface area (Å²) in [4.78, 5) is 0. The molecule has 2 rings (SSSR count). The monoisotopic (exact) mass is 313 g/mol. The quantitative estimate of drug-likeness (QED) is 0.837. The van der Waals surface area contributed by atoms with E-state index in [4.69, 9.17) is 9.47 Å². The van der Waals surface area contributed by atoms with Crippen LogP contribution < -0.4 is 14.2 Å². The van der Waals surface area contributed by atoms with E-state index in [1.165, 1.54) is 0 Å². The van der Waals surface area contributed by atoms with Crippen molar-refractivity contribution in [2.24, 2.45) is 0 Å². The molecule has 1 fully saturated rings. The summed E-state index contributed by atoms with van der Waals surface area (Å²) in [6, 6.07) is 5.61. The molecule has 0 bridgehead atoms. The molecule has 0 aliphatic heterocycles. The molecule has 0 unspecified atom stereocenters. The first-order valence-electron chi connectivity index (χ1n) is 7.25. The third-order valence-corrected chi connectivity index (χ3v) is 5.24. The molecule has 1 saturated carbocycles. The first-order chi connectivity index (χ1) is 10.0. The van der Waals surface area contributed by atoms with Crippen LogP contribution in [-0.4, -0.2) is 34.4 Å². The van der Waals surface area contributed by atoms with E-state index in [2.05, 4.69) is 4.72 Å². The Morgan fingerprint density at radius 3 is 2.43 bits per heavy atom. The Balaban J connectivity index is 1.95. The van der Waals surface area contributed by atoms with Gasteiger partial charge in [0.1, 0.15) is 0 Å². The molecule has 1 aliphatic carbocycles. The molecule has 0 atom stereocenters. The Kier molecular flexibility index (Phi) is 5.47. The second-order valence-corrected chi connectivity index (χ2v) is 7.23. The van der Waals surface area contributed by atoms with Gasteiger partial charge in [-0.25, -0.2) is 13.1 Å². The lowest BCUT2D eigenvalue weighted by atomic mass is 10.1. The maximum atomic E-state index is 12.1. The third-order valence-electron chi connectivity index (χ3n) is 3.81. The van der Waals surface area contributed by atoms with Gasteiger partial charge in [0.25, 0.3) is 0 Å². The summed E-state index contributed by atoms with van der Waals surface area (Å²) < 4.78 is 37.3. The number of ether oxygens (including phenoxy) is 2. The fourth-order valence-electron chi connectivity index (χ4n) is 2.64. The first-order valence-corrected chi connectivity index (χ1v) is 8.90. The van der Waals surface area contributed by atoms with E-state index in [0.717, 1.165) is 31.2 Å². The second kappa shape index (κ2) is 7.13. The summed E-state index contributed by atoms with van der Waals surface area (Å²) in [6.07, 6.45) is 4.60. The van der Waals surface area contributed by atoms with Crippen molar-refractivity contribution in [2.75, 3.05) is 20.0 Å². The van der Waals surface area contributed by atoms with E-state index in [-0.39, 0.29) is 11.8 Å². The highest BCUT2D eigenvalue weighted by Gasteiger charge is 2.21. The average molecular weight is 313 g/mol. The van der Waals surface area contributed by atoms with Gasteiger partial charge in [-0.15, -0.1) is 0 Å². The van der Waals surface area contributed by atoms with E-state index in [0.29, 0.717) is 17.9 Å². The van der Waals surface area contributed by atoms with E-state index >= 15 is 0 Å². The van der Waals surface area contributed by atoms with Crippen LogP contribution in [0.4, 0.5) is 0 Å². The molecule has 0 amide bonds. The Hall–Kier alpha value is -1.27. The largest absolute Gasteiger partial charge is 0.493 e. The van der Waals surface area contributed by atoms with Crippen molar-refractivity contribution >= 4 is 10.0 Å². The predicted molar refractivity (Wildman–Crippen MR) is 82.4 cm³/mol. The average Bonchev–Trinajstić information content (AvgIpc) is 2.97. The van der Waals surface area contributed by atoms with Crippen LogP contribution in [0.5, 0.6) is 11.5 Å². The van der Waals surface area contributed by atoms with Crippen molar-refractivity contribution in [3.05, 3.63) is 23.8 Å². The first kappa shape index (κ1) is 16.1. The van der Waals surface area contributed by atoms with Crippen molar-refractivity contribution in [1.29, 1.82) is 0 Å². The summed E-state index contributed by atoms with van der Waals surface area (Å²) in [5, 5.41) is 0. The lowest BCUT2D eigenvalue weighted by Crippen LogP contribution is -2.34. The summed E-state index contributed by atoms with van der Waals surface area (Å²) in [5.74, 6) is 1.36. The molecule has 0 aromatic heterocycles. The highest BCUT2D eigenvalue weighted by molar-refractivity contribution is 7.89. The van der Waals surface area contributed by atoms with Crippen LogP contribution in [0.25, 0.3) is 0 Å². The zero-order valence-electron chi connectivity index (χ0n) is 12.6. The molecule has 0 saturated heterocycles. The fraction of sp³-hybridized carbons (Fsp3) is 0.600. The Bertz CT molecular complexity index is 565. The normalized spacial score (nSPS) is 16.1. The van der Waals surface area contributed by atoms with Gasteiger partial charge in [0.05, 0.1) is 20.0 Å². The van der Waals surface area contributed by atoms with Crippen LogP contribution in [-0.2, 0) is 16.4 Å².